The first-order valence-electron chi connectivity index (χ1n) is 12.5. The Hall–Kier alpha value is -0.820. The quantitative estimate of drug-likeness (QED) is 0.174. The van der Waals surface area contributed by atoms with E-state index >= 15 is 0 Å². The van der Waals surface area contributed by atoms with Crippen molar-refractivity contribution in [3.63, 3.8) is 0 Å². The zero-order valence-electron chi connectivity index (χ0n) is 19.7. The van der Waals surface area contributed by atoms with Crippen LogP contribution in [0.1, 0.15) is 122 Å². The van der Waals surface area contributed by atoms with Gasteiger partial charge < -0.3 is 4.48 Å². The zero-order valence-corrected chi connectivity index (χ0v) is 19.7. The predicted molar refractivity (Wildman–Crippen MR) is 127 cm³/mol. The molecule has 0 spiro atoms. The third-order valence-electron chi connectivity index (χ3n) is 6.50. The molecule has 1 atom stereocenters. The molecule has 162 valence electrons. The van der Waals surface area contributed by atoms with E-state index < -0.39 is 0 Å². The highest BCUT2D eigenvalue weighted by molar-refractivity contribution is 5.17. The molecule has 0 radical (unpaired) electrons. The maximum absolute atomic E-state index is 2.42. The van der Waals surface area contributed by atoms with E-state index in [9.17, 15) is 0 Å². The van der Waals surface area contributed by atoms with Gasteiger partial charge in [-0.3, -0.25) is 0 Å². The summed E-state index contributed by atoms with van der Waals surface area (Å²) in [4.78, 5) is 0. The highest BCUT2D eigenvalue weighted by atomic mass is 15.3. The summed E-state index contributed by atoms with van der Waals surface area (Å²) in [5.74, 6) is 0. The van der Waals surface area contributed by atoms with Crippen molar-refractivity contribution >= 4 is 0 Å². The molecule has 0 saturated heterocycles. The first kappa shape index (κ1) is 25.2. The highest BCUT2D eigenvalue weighted by Gasteiger charge is 2.27. The molecule has 0 aliphatic carbocycles. The minimum Gasteiger partial charge on any atom is -0.322 e. The number of benzene rings is 1. The summed E-state index contributed by atoms with van der Waals surface area (Å²) in [7, 11) is 4.84. The third-order valence-corrected chi connectivity index (χ3v) is 6.50. The summed E-state index contributed by atoms with van der Waals surface area (Å²) in [6.45, 7) is 5.93. The number of hydrogen-bond donors (Lipinski definition) is 0. The first-order valence-corrected chi connectivity index (χ1v) is 12.5. The fourth-order valence-electron chi connectivity index (χ4n) is 4.68. The molecular weight excluding hydrogens is 338 g/mol. The van der Waals surface area contributed by atoms with Gasteiger partial charge in [-0.2, -0.15) is 0 Å². The first-order chi connectivity index (χ1) is 13.6. The fourth-order valence-corrected chi connectivity index (χ4v) is 4.68. The summed E-state index contributed by atoms with van der Waals surface area (Å²) in [5.41, 5.74) is 1.50. The van der Waals surface area contributed by atoms with Crippen LogP contribution in [0.15, 0.2) is 30.3 Å². The molecule has 0 saturated carbocycles. The molecule has 1 heteroatoms. The van der Waals surface area contributed by atoms with Crippen molar-refractivity contribution in [1.82, 2.24) is 0 Å². The highest BCUT2D eigenvalue weighted by Crippen LogP contribution is 2.28. The molecule has 0 aliphatic heterocycles. The predicted octanol–water partition coefficient (Wildman–Crippen LogP) is 8.70. The van der Waals surface area contributed by atoms with Gasteiger partial charge in [-0.25, -0.2) is 0 Å². The van der Waals surface area contributed by atoms with E-state index in [1.54, 1.807) is 0 Å². The summed E-state index contributed by atoms with van der Waals surface area (Å²) in [6, 6.07) is 11.7. The van der Waals surface area contributed by atoms with Crippen molar-refractivity contribution in [2.75, 3.05) is 20.6 Å². The molecule has 0 heterocycles. The maximum Gasteiger partial charge on any atom is 0.114 e. The lowest BCUT2D eigenvalue weighted by Crippen LogP contribution is -2.43. The Morgan fingerprint density at radius 3 is 1.46 bits per heavy atom. The molecule has 0 unspecified atom stereocenters. The van der Waals surface area contributed by atoms with E-state index in [-0.39, 0.29) is 0 Å². The molecule has 0 fully saturated rings. The minimum atomic E-state index is 0.628. The number of rotatable bonds is 18. The van der Waals surface area contributed by atoms with Crippen molar-refractivity contribution < 1.29 is 4.48 Å². The van der Waals surface area contributed by atoms with Crippen LogP contribution in [0.5, 0.6) is 0 Å². The summed E-state index contributed by atoms with van der Waals surface area (Å²) in [6.07, 6.45) is 21.4. The van der Waals surface area contributed by atoms with Crippen molar-refractivity contribution in [2.45, 2.75) is 116 Å². The van der Waals surface area contributed by atoms with Crippen LogP contribution in [0.4, 0.5) is 0 Å². The monoisotopic (exact) mass is 388 g/mol. The average Bonchev–Trinajstić information content (AvgIpc) is 2.69. The lowest BCUT2D eigenvalue weighted by Gasteiger charge is -2.38. The van der Waals surface area contributed by atoms with Crippen LogP contribution in [0.3, 0.4) is 0 Å². The van der Waals surface area contributed by atoms with Crippen LogP contribution in [0.2, 0.25) is 0 Å². The second-order valence-electron chi connectivity index (χ2n) is 9.43. The van der Waals surface area contributed by atoms with Gasteiger partial charge in [-0.15, -0.1) is 0 Å². The Morgan fingerprint density at radius 2 is 1.04 bits per heavy atom. The summed E-state index contributed by atoms with van der Waals surface area (Å²) in [5, 5.41) is 0. The molecule has 1 aromatic rings. The second-order valence-corrected chi connectivity index (χ2v) is 9.43. The lowest BCUT2D eigenvalue weighted by molar-refractivity contribution is -0.921. The van der Waals surface area contributed by atoms with E-state index in [1.165, 1.54) is 108 Å². The van der Waals surface area contributed by atoms with Gasteiger partial charge in [0, 0.05) is 12.0 Å². The number of quaternary nitrogens is 1. The molecule has 1 rings (SSSR count). The van der Waals surface area contributed by atoms with E-state index in [1.807, 2.05) is 0 Å². The Morgan fingerprint density at radius 1 is 0.607 bits per heavy atom. The smallest absolute Gasteiger partial charge is 0.114 e. The molecule has 0 amide bonds. The molecule has 0 aliphatic rings. The molecule has 1 nitrogen and oxygen atoms in total. The van der Waals surface area contributed by atoms with Gasteiger partial charge in [0.15, 0.2) is 0 Å². The van der Waals surface area contributed by atoms with Gasteiger partial charge in [0.2, 0.25) is 0 Å². The number of hydrogen-bond acceptors (Lipinski definition) is 0. The van der Waals surface area contributed by atoms with Crippen molar-refractivity contribution in [1.29, 1.82) is 0 Å². The molecular formula is C27H50N+. The Labute approximate surface area is 177 Å². The van der Waals surface area contributed by atoms with Crippen LogP contribution >= 0.6 is 0 Å². The van der Waals surface area contributed by atoms with Crippen LogP contribution in [-0.4, -0.2) is 25.1 Å². The van der Waals surface area contributed by atoms with Crippen molar-refractivity contribution in [3.8, 4) is 0 Å². The second kappa shape index (κ2) is 16.0. The van der Waals surface area contributed by atoms with Crippen molar-refractivity contribution in [2.24, 2.45) is 0 Å². The van der Waals surface area contributed by atoms with Crippen LogP contribution < -0.4 is 0 Å². The maximum atomic E-state index is 2.42. The Bertz CT molecular complexity index is 451. The minimum absolute atomic E-state index is 0.628. The van der Waals surface area contributed by atoms with E-state index in [0.29, 0.717) is 6.04 Å². The Balaban J connectivity index is 2.01. The normalized spacial score (nSPS) is 13.0. The van der Waals surface area contributed by atoms with Gasteiger partial charge in [-0.1, -0.05) is 121 Å². The summed E-state index contributed by atoms with van der Waals surface area (Å²) < 4.78 is 1.12. The van der Waals surface area contributed by atoms with Crippen molar-refractivity contribution in [3.05, 3.63) is 35.9 Å². The van der Waals surface area contributed by atoms with Crippen LogP contribution in [0, 0.1) is 0 Å². The molecule has 0 aromatic heterocycles. The topological polar surface area (TPSA) is 0 Å². The molecule has 0 bridgehead atoms. The zero-order chi connectivity index (χ0) is 20.5. The number of nitrogens with zero attached hydrogens (tertiary/aromatic N) is 1. The number of unbranched alkanes of at least 4 members (excludes halogenated alkanes) is 13. The SMILES string of the molecule is CCCCCCCCCCCCCCCC[N+](C)(C)[C@H](CC)c1ccccc1. The molecule has 28 heavy (non-hydrogen) atoms. The standard InChI is InChI=1S/C27H50N/c1-5-7-8-9-10-11-12-13-14-15-16-17-18-22-25-28(3,4)27(6-2)26-23-20-19-21-24-26/h19-21,23-24,27H,5-18,22,25H2,1-4H3/q+1/t27-/m1/s1. The van der Waals surface area contributed by atoms with E-state index in [4.69, 9.17) is 0 Å². The lowest BCUT2D eigenvalue weighted by atomic mass is 10.0. The molecule has 1 aromatic carbocycles. The van der Waals surface area contributed by atoms with Gasteiger partial charge >= 0.3 is 0 Å². The van der Waals surface area contributed by atoms with E-state index in [0.717, 1.165) is 4.48 Å². The fraction of sp³-hybridized carbons (Fsp3) is 0.778. The average molecular weight is 389 g/mol. The molecule has 0 N–H and O–H groups in total. The van der Waals surface area contributed by atoms with Gasteiger partial charge in [-0.05, 0) is 12.8 Å². The summed E-state index contributed by atoms with van der Waals surface area (Å²) >= 11 is 0. The van der Waals surface area contributed by atoms with Crippen LogP contribution in [0.25, 0.3) is 0 Å². The van der Waals surface area contributed by atoms with Gasteiger partial charge in [0.05, 0.1) is 20.6 Å². The van der Waals surface area contributed by atoms with Gasteiger partial charge in [0.25, 0.3) is 0 Å². The van der Waals surface area contributed by atoms with E-state index in [2.05, 4.69) is 58.3 Å². The third kappa shape index (κ3) is 11.2. The van der Waals surface area contributed by atoms with Crippen LogP contribution in [-0.2, 0) is 0 Å². The largest absolute Gasteiger partial charge is 0.322 e. The Kier molecular flexibility index (Phi) is 14.4. The van der Waals surface area contributed by atoms with Gasteiger partial charge in [0.1, 0.15) is 6.04 Å².